The van der Waals surface area contributed by atoms with E-state index in [0.29, 0.717) is 17.4 Å². The molecule has 1 saturated heterocycles. The van der Waals surface area contributed by atoms with Gasteiger partial charge >= 0.3 is 0 Å². The third kappa shape index (κ3) is 4.94. The Morgan fingerprint density at radius 1 is 1.06 bits per heavy atom. The number of carbonyl (C=O) groups is 1. The summed E-state index contributed by atoms with van der Waals surface area (Å²) in [5.41, 5.74) is 4.05. The van der Waals surface area contributed by atoms with Crippen molar-refractivity contribution >= 4 is 26.7 Å². The van der Waals surface area contributed by atoms with E-state index in [1.54, 1.807) is 17.0 Å². The van der Waals surface area contributed by atoms with Crippen LogP contribution in [0.1, 0.15) is 60.0 Å². The summed E-state index contributed by atoms with van der Waals surface area (Å²) in [4.78, 5) is 27.9. The molecule has 34 heavy (non-hydrogen) atoms. The molecule has 180 valence electrons. The van der Waals surface area contributed by atoms with Crippen molar-refractivity contribution in [3.63, 3.8) is 0 Å². The molecule has 1 fully saturated rings. The molecule has 2 heterocycles. The minimum Gasteiger partial charge on any atom is -0.451 e. The number of rotatable bonds is 4. The highest BCUT2D eigenvalue weighted by atomic mass is 32.2. The van der Waals surface area contributed by atoms with Gasteiger partial charge in [0, 0.05) is 18.7 Å². The number of aryl methyl sites for hydroxylation is 2. The van der Waals surface area contributed by atoms with E-state index >= 15 is 0 Å². The third-order valence-electron chi connectivity index (χ3n) is 6.64. The molecule has 1 atom stereocenters. The smallest absolute Gasteiger partial charge is 0.290 e. The maximum Gasteiger partial charge on any atom is 0.290 e. The van der Waals surface area contributed by atoms with Crippen LogP contribution in [0.2, 0.25) is 0 Å². The highest BCUT2D eigenvalue weighted by Gasteiger charge is 2.36. The van der Waals surface area contributed by atoms with Gasteiger partial charge in [0.15, 0.2) is 21.0 Å². The van der Waals surface area contributed by atoms with Crippen LogP contribution in [0, 0.1) is 13.8 Å². The van der Waals surface area contributed by atoms with E-state index in [2.05, 4.69) is 20.8 Å². The molecule has 1 aliphatic heterocycles. The molecule has 6 nitrogen and oxygen atoms in total. The van der Waals surface area contributed by atoms with Crippen molar-refractivity contribution in [2.75, 3.05) is 11.5 Å². The second-order valence-electron chi connectivity index (χ2n) is 10.3. The van der Waals surface area contributed by atoms with Crippen LogP contribution < -0.4 is 5.43 Å². The molecule has 0 saturated carbocycles. The van der Waals surface area contributed by atoms with Crippen molar-refractivity contribution in [1.82, 2.24) is 4.90 Å². The van der Waals surface area contributed by atoms with Crippen molar-refractivity contribution in [2.45, 2.75) is 59.0 Å². The molecular weight excluding hydrogens is 450 g/mol. The standard InChI is InChI=1S/C27H31NO5S/c1-17-12-22-23(29)14-25(33-24(22)13-18(17)2)26(30)28(21-10-11-34(31,32)16-21)15-19-6-8-20(9-7-19)27(3,4)5/h6-9,12-14,21H,10-11,15-16H2,1-5H3/t21-/m1/s1. The fourth-order valence-electron chi connectivity index (χ4n) is 4.35. The summed E-state index contributed by atoms with van der Waals surface area (Å²) in [5, 5.41) is 0.424. The first-order chi connectivity index (χ1) is 15.8. The van der Waals surface area contributed by atoms with E-state index in [1.165, 1.54) is 11.6 Å². The van der Waals surface area contributed by atoms with Gasteiger partial charge in [0.05, 0.1) is 16.9 Å². The van der Waals surface area contributed by atoms with E-state index in [-0.39, 0.29) is 34.7 Å². The molecule has 1 amide bonds. The van der Waals surface area contributed by atoms with Crippen LogP contribution in [0.5, 0.6) is 0 Å². The van der Waals surface area contributed by atoms with Crippen LogP contribution in [0.4, 0.5) is 0 Å². The number of carbonyl (C=O) groups excluding carboxylic acids is 1. The number of benzene rings is 2. The zero-order chi connectivity index (χ0) is 24.8. The first-order valence-corrected chi connectivity index (χ1v) is 13.3. The topological polar surface area (TPSA) is 84.7 Å². The van der Waals surface area contributed by atoms with Gasteiger partial charge in [-0.25, -0.2) is 8.42 Å². The van der Waals surface area contributed by atoms with Crippen molar-refractivity contribution in [1.29, 1.82) is 0 Å². The summed E-state index contributed by atoms with van der Waals surface area (Å²) in [5.74, 6) is -0.588. The summed E-state index contributed by atoms with van der Waals surface area (Å²) in [6, 6.07) is 12.3. The Labute approximate surface area is 200 Å². The Bertz CT molecular complexity index is 1410. The van der Waals surface area contributed by atoms with Crippen LogP contribution in [-0.2, 0) is 21.8 Å². The van der Waals surface area contributed by atoms with Gasteiger partial charge in [0.25, 0.3) is 5.91 Å². The van der Waals surface area contributed by atoms with E-state index < -0.39 is 21.8 Å². The second kappa shape index (κ2) is 8.69. The molecule has 0 radical (unpaired) electrons. The fraction of sp³-hybridized carbons (Fsp3) is 0.407. The average molecular weight is 482 g/mol. The molecule has 0 spiro atoms. The first-order valence-electron chi connectivity index (χ1n) is 11.5. The summed E-state index contributed by atoms with van der Waals surface area (Å²) >= 11 is 0. The largest absolute Gasteiger partial charge is 0.451 e. The van der Waals surface area contributed by atoms with Gasteiger partial charge in [-0.3, -0.25) is 9.59 Å². The predicted octanol–water partition coefficient (Wildman–Crippen LogP) is 4.54. The minimum absolute atomic E-state index is 0.00143. The Balaban J connectivity index is 1.72. The number of nitrogens with zero attached hydrogens (tertiary/aromatic N) is 1. The molecule has 2 aromatic carbocycles. The molecule has 1 aromatic heterocycles. The number of amides is 1. The lowest BCUT2D eigenvalue weighted by molar-refractivity contribution is 0.0648. The average Bonchev–Trinajstić information content (AvgIpc) is 3.12. The SMILES string of the molecule is Cc1cc2oc(C(=O)N(Cc3ccc(C(C)(C)C)cc3)[C@@H]3CCS(=O)(=O)C3)cc(=O)c2cc1C. The summed E-state index contributed by atoms with van der Waals surface area (Å²) in [6.45, 7) is 10.5. The monoisotopic (exact) mass is 481 g/mol. The van der Waals surface area contributed by atoms with Crippen molar-refractivity contribution < 1.29 is 17.6 Å². The van der Waals surface area contributed by atoms with Crippen LogP contribution in [0.25, 0.3) is 11.0 Å². The third-order valence-corrected chi connectivity index (χ3v) is 8.39. The molecule has 7 heteroatoms. The Hall–Kier alpha value is -2.93. The maximum absolute atomic E-state index is 13.6. The van der Waals surface area contributed by atoms with Crippen LogP contribution >= 0.6 is 0 Å². The Morgan fingerprint density at radius 3 is 2.29 bits per heavy atom. The number of fused-ring (bicyclic) bond motifs is 1. The van der Waals surface area contributed by atoms with Crippen LogP contribution in [0.15, 0.2) is 51.7 Å². The van der Waals surface area contributed by atoms with Crippen molar-refractivity contribution in [3.8, 4) is 0 Å². The van der Waals surface area contributed by atoms with Gasteiger partial charge < -0.3 is 9.32 Å². The van der Waals surface area contributed by atoms with E-state index in [4.69, 9.17) is 4.42 Å². The van der Waals surface area contributed by atoms with E-state index in [0.717, 1.165) is 16.7 Å². The highest BCUT2D eigenvalue weighted by Crippen LogP contribution is 2.26. The zero-order valence-electron chi connectivity index (χ0n) is 20.3. The molecule has 1 aliphatic rings. The van der Waals surface area contributed by atoms with E-state index in [1.807, 2.05) is 38.1 Å². The normalized spacial score (nSPS) is 17.7. The van der Waals surface area contributed by atoms with Gasteiger partial charge in [0.1, 0.15) is 5.58 Å². The van der Waals surface area contributed by atoms with Gasteiger partial charge in [-0.05, 0) is 60.1 Å². The summed E-state index contributed by atoms with van der Waals surface area (Å²) in [7, 11) is -3.21. The van der Waals surface area contributed by atoms with Gasteiger partial charge in [0.2, 0.25) is 0 Å². The number of sulfone groups is 1. The summed E-state index contributed by atoms with van der Waals surface area (Å²) in [6.07, 6.45) is 0.365. The lowest BCUT2D eigenvalue weighted by Gasteiger charge is -2.28. The molecule has 0 N–H and O–H groups in total. The summed E-state index contributed by atoms with van der Waals surface area (Å²) < 4.78 is 30.3. The molecule has 3 aromatic rings. The van der Waals surface area contributed by atoms with Gasteiger partial charge in [-0.2, -0.15) is 0 Å². The highest BCUT2D eigenvalue weighted by molar-refractivity contribution is 7.91. The van der Waals surface area contributed by atoms with Crippen molar-refractivity contribution in [3.05, 3.63) is 80.7 Å². The Kier molecular flexibility index (Phi) is 6.19. The Morgan fingerprint density at radius 2 is 1.71 bits per heavy atom. The van der Waals surface area contributed by atoms with E-state index in [9.17, 15) is 18.0 Å². The molecule has 4 rings (SSSR count). The fourth-order valence-corrected chi connectivity index (χ4v) is 6.08. The molecule has 0 aliphatic carbocycles. The first kappa shape index (κ1) is 24.2. The number of hydrogen-bond acceptors (Lipinski definition) is 5. The second-order valence-corrected chi connectivity index (χ2v) is 12.6. The van der Waals surface area contributed by atoms with Gasteiger partial charge in [-0.1, -0.05) is 45.0 Å². The zero-order valence-corrected chi connectivity index (χ0v) is 21.2. The lowest BCUT2D eigenvalue weighted by Crippen LogP contribution is -2.41. The molecule has 0 bridgehead atoms. The maximum atomic E-state index is 13.6. The lowest BCUT2D eigenvalue weighted by atomic mass is 9.86. The number of hydrogen-bond donors (Lipinski definition) is 0. The van der Waals surface area contributed by atoms with Crippen LogP contribution in [0.3, 0.4) is 0 Å². The minimum atomic E-state index is -3.21. The molecular formula is C27H31NO5S. The quantitative estimate of drug-likeness (QED) is 0.546. The molecule has 0 unspecified atom stereocenters. The van der Waals surface area contributed by atoms with Crippen molar-refractivity contribution in [2.24, 2.45) is 0 Å². The predicted molar refractivity (Wildman–Crippen MR) is 134 cm³/mol. The van der Waals surface area contributed by atoms with Crippen LogP contribution in [-0.4, -0.2) is 36.8 Å². The van der Waals surface area contributed by atoms with Gasteiger partial charge in [-0.15, -0.1) is 0 Å².